The Labute approximate surface area is 92.3 Å². The predicted octanol–water partition coefficient (Wildman–Crippen LogP) is 1.70. The number of aliphatic hydroxyl groups excluding tert-OH is 1. The van der Waals surface area contributed by atoms with Crippen LogP contribution in [0.5, 0.6) is 0 Å². The molecule has 0 aliphatic heterocycles. The predicted molar refractivity (Wildman–Crippen MR) is 60.4 cm³/mol. The van der Waals surface area contributed by atoms with E-state index in [0.717, 1.165) is 38.6 Å². The number of carbonyl (C=O) groups is 1. The first kappa shape index (κ1) is 12.5. The summed E-state index contributed by atoms with van der Waals surface area (Å²) in [5, 5.41) is 12.3. The van der Waals surface area contributed by atoms with Gasteiger partial charge in [0, 0.05) is 12.5 Å². The Morgan fingerprint density at radius 3 is 2.80 bits per heavy atom. The van der Waals surface area contributed by atoms with Gasteiger partial charge in [-0.15, -0.1) is 0 Å². The van der Waals surface area contributed by atoms with Crippen molar-refractivity contribution in [2.24, 2.45) is 11.8 Å². The van der Waals surface area contributed by atoms with Crippen LogP contribution in [0, 0.1) is 11.8 Å². The van der Waals surface area contributed by atoms with Gasteiger partial charge in [0.05, 0.1) is 6.10 Å². The minimum Gasteiger partial charge on any atom is -0.393 e. The van der Waals surface area contributed by atoms with Gasteiger partial charge in [-0.1, -0.05) is 20.3 Å². The molecule has 3 unspecified atom stereocenters. The second-order valence-electron chi connectivity index (χ2n) is 4.77. The zero-order chi connectivity index (χ0) is 11.3. The summed E-state index contributed by atoms with van der Waals surface area (Å²) in [6.07, 6.45) is 4.66. The smallest absolute Gasteiger partial charge is 0.222 e. The fourth-order valence-corrected chi connectivity index (χ4v) is 2.22. The number of nitrogens with one attached hydrogen (secondary N) is 1. The third-order valence-corrected chi connectivity index (χ3v) is 3.25. The monoisotopic (exact) mass is 213 g/mol. The minimum absolute atomic E-state index is 0.126. The Balaban J connectivity index is 2.16. The van der Waals surface area contributed by atoms with Gasteiger partial charge >= 0.3 is 0 Å². The summed E-state index contributed by atoms with van der Waals surface area (Å²) < 4.78 is 0. The van der Waals surface area contributed by atoms with Crippen LogP contribution in [0.15, 0.2) is 0 Å². The van der Waals surface area contributed by atoms with Gasteiger partial charge in [0.1, 0.15) is 0 Å². The molecule has 0 bridgehead atoms. The third-order valence-electron chi connectivity index (χ3n) is 3.25. The second-order valence-corrected chi connectivity index (χ2v) is 4.77. The molecule has 0 aromatic carbocycles. The van der Waals surface area contributed by atoms with Crippen LogP contribution in [0.3, 0.4) is 0 Å². The molecule has 2 N–H and O–H groups in total. The van der Waals surface area contributed by atoms with Crippen molar-refractivity contribution in [1.82, 2.24) is 5.32 Å². The third kappa shape index (κ3) is 4.20. The molecule has 3 heteroatoms. The van der Waals surface area contributed by atoms with E-state index in [4.69, 9.17) is 0 Å². The molecule has 0 radical (unpaired) electrons. The van der Waals surface area contributed by atoms with Crippen LogP contribution < -0.4 is 5.32 Å². The van der Waals surface area contributed by atoms with E-state index in [0.29, 0.717) is 5.92 Å². The van der Waals surface area contributed by atoms with Crippen molar-refractivity contribution in [2.45, 2.75) is 52.1 Å². The first-order valence-electron chi connectivity index (χ1n) is 6.09. The van der Waals surface area contributed by atoms with Gasteiger partial charge in [-0.3, -0.25) is 4.79 Å². The van der Waals surface area contributed by atoms with Crippen LogP contribution in [0.4, 0.5) is 0 Å². The first-order chi connectivity index (χ1) is 7.13. The Morgan fingerprint density at radius 1 is 1.53 bits per heavy atom. The molecule has 1 amide bonds. The molecule has 1 saturated carbocycles. The number of carbonyl (C=O) groups excluding carboxylic acids is 1. The van der Waals surface area contributed by atoms with E-state index in [-0.39, 0.29) is 17.9 Å². The van der Waals surface area contributed by atoms with Crippen molar-refractivity contribution in [3.8, 4) is 0 Å². The lowest BCUT2D eigenvalue weighted by atomic mass is 10.0. The normalized spacial score (nSPS) is 27.7. The molecule has 3 nitrogen and oxygen atoms in total. The summed E-state index contributed by atoms with van der Waals surface area (Å²) >= 11 is 0. The van der Waals surface area contributed by atoms with E-state index in [1.165, 1.54) is 0 Å². The standard InChI is InChI=1S/C12H23NO2/c1-3-4-9(2)12(15)13-8-10-5-6-11(14)7-10/h9-11,14H,3-8H2,1-2H3,(H,13,15). The lowest BCUT2D eigenvalue weighted by Crippen LogP contribution is -2.32. The Bertz CT molecular complexity index is 206. The Morgan fingerprint density at radius 2 is 2.27 bits per heavy atom. The molecule has 0 heterocycles. The van der Waals surface area contributed by atoms with E-state index in [9.17, 15) is 9.90 Å². The highest BCUT2D eigenvalue weighted by Gasteiger charge is 2.23. The first-order valence-corrected chi connectivity index (χ1v) is 6.09. The van der Waals surface area contributed by atoms with Gasteiger partial charge in [0.2, 0.25) is 5.91 Å². The minimum atomic E-state index is -0.139. The van der Waals surface area contributed by atoms with Crippen molar-refractivity contribution in [2.75, 3.05) is 6.54 Å². The number of amides is 1. The van der Waals surface area contributed by atoms with Gasteiger partial charge in [-0.25, -0.2) is 0 Å². The van der Waals surface area contributed by atoms with E-state index in [1.54, 1.807) is 0 Å². The van der Waals surface area contributed by atoms with Crippen LogP contribution in [0.2, 0.25) is 0 Å². The lowest BCUT2D eigenvalue weighted by molar-refractivity contribution is -0.124. The molecule has 0 saturated heterocycles. The maximum atomic E-state index is 11.6. The quantitative estimate of drug-likeness (QED) is 0.730. The fraction of sp³-hybridized carbons (Fsp3) is 0.917. The lowest BCUT2D eigenvalue weighted by Gasteiger charge is -2.14. The molecular weight excluding hydrogens is 190 g/mol. The van der Waals surface area contributed by atoms with Crippen molar-refractivity contribution in [3.05, 3.63) is 0 Å². The SMILES string of the molecule is CCCC(C)C(=O)NCC1CCC(O)C1. The zero-order valence-corrected chi connectivity index (χ0v) is 9.83. The van der Waals surface area contributed by atoms with Crippen molar-refractivity contribution in [3.63, 3.8) is 0 Å². The highest BCUT2D eigenvalue weighted by molar-refractivity contribution is 5.78. The number of hydrogen-bond acceptors (Lipinski definition) is 2. The summed E-state index contributed by atoms with van der Waals surface area (Å²) in [6, 6.07) is 0. The molecule has 0 aromatic rings. The van der Waals surface area contributed by atoms with Gasteiger partial charge in [-0.2, -0.15) is 0 Å². The summed E-state index contributed by atoms with van der Waals surface area (Å²) in [4.78, 5) is 11.6. The fourth-order valence-electron chi connectivity index (χ4n) is 2.22. The maximum absolute atomic E-state index is 11.6. The highest BCUT2D eigenvalue weighted by Crippen LogP contribution is 2.24. The van der Waals surface area contributed by atoms with Gasteiger partial charge < -0.3 is 10.4 Å². The van der Waals surface area contributed by atoms with Gasteiger partial charge in [-0.05, 0) is 31.6 Å². The average Bonchev–Trinajstić information content (AvgIpc) is 2.61. The summed E-state index contributed by atoms with van der Waals surface area (Å²) in [6.45, 7) is 4.81. The Hall–Kier alpha value is -0.570. The molecule has 1 aliphatic carbocycles. The molecule has 88 valence electrons. The summed E-state index contributed by atoms with van der Waals surface area (Å²) in [7, 11) is 0. The molecule has 1 aliphatic rings. The molecule has 0 spiro atoms. The van der Waals surface area contributed by atoms with Crippen LogP contribution in [-0.2, 0) is 4.79 Å². The zero-order valence-electron chi connectivity index (χ0n) is 9.83. The summed E-state index contributed by atoms with van der Waals surface area (Å²) in [5.41, 5.74) is 0. The van der Waals surface area contributed by atoms with Gasteiger partial charge in [0.15, 0.2) is 0 Å². The van der Waals surface area contributed by atoms with E-state index in [2.05, 4.69) is 12.2 Å². The number of hydrogen-bond donors (Lipinski definition) is 2. The van der Waals surface area contributed by atoms with Crippen LogP contribution in [-0.4, -0.2) is 23.7 Å². The Kier molecular flexibility index (Phi) is 5.09. The number of aliphatic hydroxyl groups is 1. The van der Waals surface area contributed by atoms with Crippen molar-refractivity contribution in [1.29, 1.82) is 0 Å². The molecular formula is C12H23NO2. The van der Waals surface area contributed by atoms with Crippen LogP contribution in [0.25, 0.3) is 0 Å². The molecule has 3 atom stereocenters. The molecule has 15 heavy (non-hydrogen) atoms. The molecule has 1 fully saturated rings. The van der Waals surface area contributed by atoms with Crippen molar-refractivity contribution < 1.29 is 9.90 Å². The van der Waals surface area contributed by atoms with E-state index in [1.807, 2.05) is 6.92 Å². The summed E-state index contributed by atoms with van der Waals surface area (Å²) in [5.74, 6) is 0.775. The number of rotatable bonds is 5. The largest absolute Gasteiger partial charge is 0.393 e. The average molecular weight is 213 g/mol. The van der Waals surface area contributed by atoms with E-state index >= 15 is 0 Å². The van der Waals surface area contributed by atoms with Gasteiger partial charge in [0.25, 0.3) is 0 Å². The van der Waals surface area contributed by atoms with E-state index < -0.39 is 0 Å². The maximum Gasteiger partial charge on any atom is 0.222 e. The van der Waals surface area contributed by atoms with Crippen LogP contribution >= 0.6 is 0 Å². The van der Waals surface area contributed by atoms with Crippen LogP contribution in [0.1, 0.15) is 46.0 Å². The second kappa shape index (κ2) is 6.11. The highest BCUT2D eigenvalue weighted by atomic mass is 16.3. The molecule has 0 aromatic heterocycles. The topological polar surface area (TPSA) is 49.3 Å². The van der Waals surface area contributed by atoms with Crippen molar-refractivity contribution >= 4 is 5.91 Å². The molecule has 1 rings (SSSR count).